The van der Waals surface area contributed by atoms with Crippen LogP contribution in [0.15, 0.2) is 0 Å². The Bertz CT molecular complexity index is 334. The van der Waals surface area contributed by atoms with Crippen LogP contribution in [0.2, 0.25) is 0 Å². The topological polar surface area (TPSA) is 84.9 Å². The molecule has 6 nitrogen and oxygen atoms in total. The first-order valence-corrected chi connectivity index (χ1v) is 7.34. The van der Waals surface area contributed by atoms with Crippen molar-refractivity contribution in [2.45, 2.75) is 38.1 Å². The number of carboxylic acid groups (broad SMARTS) is 1. The molecule has 0 aromatic carbocycles. The lowest BCUT2D eigenvalue weighted by Crippen LogP contribution is -2.48. The van der Waals surface area contributed by atoms with Gasteiger partial charge in [-0.1, -0.05) is 0 Å². The van der Waals surface area contributed by atoms with Crippen LogP contribution in [0.25, 0.3) is 0 Å². The van der Waals surface area contributed by atoms with Crippen molar-refractivity contribution in [3.05, 3.63) is 0 Å². The Morgan fingerprint density at radius 3 is 2.50 bits per heavy atom. The van der Waals surface area contributed by atoms with Gasteiger partial charge in [-0.3, -0.25) is 4.79 Å². The van der Waals surface area contributed by atoms with Crippen LogP contribution in [0.1, 0.15) is 32.1 Å². The van der Waals surface area contributed by atoms with Crippen LogP contribution in [-0.4, -0.2) is 49.5 Å². The number of aliphatic carboxylic acids is 1. The molecule has 2 aliphatic rings. The van der Waals surface area contributed by atoms with Gasteiger partial charge in [-0.2, -0.15) is 0 Å². The molecule has 0 aliphatic carbocycles. The summed E-state index contributed by atoms with van der Waals surface area (Å²) in [6.45, 7) is 2.47. The fraction of sp³-hybridized carbons (Fsp3) is 0.857. The fourth-order valence-corrected chi connectivity index (χ4v) is 2.85. The van der Waals surface area contributed by atoms with E-state index in [4.69, 9.17) is 9.47 Å². The molecule has 0 spiro atoms. The molecule has 2 aliphatic heterocycles. The molecule has 2 saturated heterocycles. The molecule has 2 rings (SSSR count). The minimum absolute atomic E-state index is 0.125. The van der Waals surface area contributed by atoms with Gasteiger partial charge in [-0.25, -0.2) is 4.79 Å². The minimum atomic E-state index is -0.971. The Hall–Kier alpha value is -1.14. The molecule has 0 radical (unpaired) electrons. The summed E-state index contributed by atoms with van der Waals surface area (Å²) >= 11 is 0. The molecule has 2 heterocycles. The Kier molecular flexibility index (Phi) is 5.79. The predicted molar refractivity (Wildman–Crippen MR) is 71.3 cm³/mol. The number of carbonyl (C=O) groups excluding carboxylic acids is 1. The number of hydrogen-bond donors (Lipinski definition) is 2. The number of rotatable bonds is 5. The largest absolute Gasteiger partial charge is 0.480 e. The standard InChI is InChI=1S/C14H23NO5/c16-12(8-10-3-6-19-7-4-10)15-13(14(17)18)11-2-1-5-20-9-11/h10-11,13H,1-9H2,(H,15,16)(H,17,18). The normalized spacial score (nSPS) is 25.9. The molecule has 2 N–H and O–H groups in total. The molecule has 0 aromatic heterocycles. The maximum atomic E-state index is 12.0. The summed E-state index contributed by atoms with van der Waals surface area (Å²) < 4.78 is 10.6. The molecule has 0 aromatic rings. The van der Waals surface area contributed by atoms with Gasteiger partial charge in [0.1, 0.15) is 6.04 Å². The lowest BCUT2D eigenvalue weighted by atomic mass is 9.92. The van der Waals surface area contributed by atoms with Crippen LogP contribution in [0.3, 0.4) is 0 Å². The van der Waals surface area contributed by atoms with Crippen molar-refractivity contribution in [1.29, 1.82) is 0 Å². The summed E-state index contributed by atoms with van der Waals surface area (Å²) in [5.74, 6) is -0.962. The Labute approximate surface area is 118 Å². The molecule has 2 fully saturated rings. The first-order chi connectivity index (χ1) is 9.66. The number of hydrogen-bond acceptors (Lipinski definition) is 4. The third-order valence-electron chi connectivity index (χ3n) is 4.06. The highest BCUT2D eigenvalue weighted by molar-refractivity contribution is 5.83. The second-order valence-corrected chi connectivity index (χ2v) is 5.62. The van der Waals surface area contributed by atoms with Crippen molar-refractivity contribution in [2.75, 3.05) is 26.4 Å². The maximum absolute atomic E-state index is 12.0. The van der Waals surface area contributed by atoms with Gasteiger partial charge in [0, 0.05) is 32.2 Å². The summed E-state index contributed by atoms with van der Waals surface area (Å²) in [6.07, 6.45) is 3.77. The average Bonchev–Trinajstić information content (AvgIpc) is 2.46. The van der Waals surface area contributed by atoms with Crippen molar-refractivity contribution in [3.63, 3.8) is 0 Å². The van der Waals surface area contributed by atoms with Crippen LogP contribution < -0.4 is 5.32 Å². The highest BCUT2D eigenvalue weighted by Crippen LogP contribution is 2.20. The molecule has 2 atom stereocenters. The van der Waals surface area contributed by atoms with Crippen molar-refractivity contribution < 1.29 is 24.2 Å². The molecular formula is C14H23NO5. The molecule has 20 heavy (non-hydrogen) atoms. The number of amides is 1. The van der Waals surface area contributed by atoms with E-state index in [-0.39, 0.29) is 11.8 Å². The molecule has 1 amide bonds. The second kappa shape index (κ2) is 7.59. The van der Waals surface area contributed by atoms with E-state index >= 15 is 0 Å². The van der Waals surface area contributed by atoms with Gasteiger partial charge in [-0.05, 0) is 31.6 Å². The average molecular weight is 285 g/mol. The van der Waals surface area contributed by atoms with Crippen molar-refractivity contribution >= 4 is 11.9 Å². The summed E-state index contributed by atoms with van der Waals surface area (Å²) in [6, 6.07) is -0.831. The zero-order valence-electron chi connectivity index (χ0n) is 11.7. The Morgan fingerprint density at radius 1 is 1.15 bits per heavy atom. The molecule has 0 saturated carbocycles. The zero-order valence-corrected chi connectivity index (χ0v) is 11.7. The van der Waals surface area contributed by atoms with Gasteiger partial charge in [0.15, 0.2) is 0 Å². The zero-order chi connectivity index (χ0) is 14.4. The summed E-state index contributed by atoms with van der Waals surface area (Å²) in [5, 5.41) is 12.0. The summed E-state index contributed by atoms with van der Waals surface area (Å²) in [4.78, 5) is 23.3. The minimum Gasteiger partial charge on any atom is -0.480 e. The quantitative estimate of drug-likeness (QED) is 0.780. The highest BCUT2D eigenvalue weighted by Gasteiger charge is 2.31. The Morgan fingerprint density at radius 2 is 1.90 bits per heavy atom. The van der Waals surface area contributed by atoms with Gasteiger partial charge >= 0.3 is 5.97 Å². The van der Waals surface area contributed by atoms with Crippen LogP contribution >= 0.6 is 0 Å². The third kappa shape index (κ3) is 4.45. The second-order valence-electron chi connectivity index (χ2n) is 5.62. The van der Waals surface area contributed by atoms with E-state index < -0.39 is 12.0 Å². The fourth-order valence-electron chi connectivity index (χ4n) is 2.85. The Balaban J connectivity index is 1.83. The monoisotopic (exact) mass is 285 g/mol. The number of nitrogens with one attached hydrogen (secondary N) is 1. The van der Waals surface area contributed by atoms with Crippen molar-refractivity contribution in [2.24, 2.45) is 11.8 Å². The first kappa shape index (κ1) is 15.3. The van der Waals surface area contributed by atoms with Gasteiger partial charge in [-0.15, -0.1) is 0 Å². The maximum Gasteiger partial charge on any atom is 0.326 e. The van der Waals surface area contributed by atoms with Gasteiger partial charge in [0.25, 0.3) is 0 Å². The van der Waals surface area contributed by atoms with Crippen LogP contribution in [0.4, 0.5) is 0 Å². The molecule has 2 unspecified atom stereocenters. The van der Waals surface area contributed by atoms with Gasteiger partial charge < -0.3 is 19.9 Å². The molecule has 114 valence electrons. The van der Waals surface area contributed by atoms with Gasteiger partial charge in [0.05, 0.1) is 6.61 Å². The summed E-state index contributed by atoms with van der Waals surface area (Å²) in [5.41, 5.74) is 0. The van der Waals surface area contributed by atoms with Crippen molar-refractivity contribution in [1.82, 2.24) is 5.32 Å². The van der Waals surface area contributed by atoms with Crippen LogP contribution in [0, 0.1) is 11.8 Å². The number of carboxylic acids is 1. The van der Waals surface area contributed by atoms with Crippen LogP contribution in [-0.2, 0) is 19.1 Å². The summed E-state index contributed by atoms with van der Waals surface area (Å²) in [7, 11) is 0. The van der Waals surface area contributed by atoms with E-state index in [1.54, 1.807) is 0 Å². The smallest absolute Gasteiger partial charge is 0.326 e. The molecule has 6 heteroatoms. The third-order valence-corrected chi connectivity index (χ3v) is 4.06. The van der Waals surface area contributed by atoms with E-state index in [0.717, 1.165) is 25.7 Å². The highest BCUT2D eigenvalue weighted by atomic mass is 16.5. The van der Waals surface area contributed by atoms with E-state index in [9.17, 15) is 14.7 Å². The van der Waals surface area contributed by atoms with E-state index in [1.807, 2.05) is 0 Å². The number of carbonyl (C=O) groups is 2. The lowest BCUT2D eigenvalue weighted by Gasteiger charge is -2.29. The number of ether oxygens (including phenoxy) is 2. The van der Waals surface area contributed by atoms with E-state index in [1.165, 1.54) is 0 Å². The molecular weight excluding hydrogens is 262 g/mol. The van der Waals surface area contributed by atoms with Crippen LogP contribution in [0.5, 0.6) is 0 Å². The lowest BCUT2D eigenvalue weighted by molar-refractivity contribution is -0.145. The predicted octanol–water partition coefficient (Wildman–Crippen LogP) is 0.799. The van der Waals surface area contributed by atoms with E-state index in [0.29, 0.717) is 38.8 Å². The molecule has 0 bridgehead atoms. The SMILES string of the molecule is O=C(CC1CCOCC1)NC(C(=O)O)C1CCCOC1. The van der Waals surface area contributed by atoms with Crippen molar-refractivity contribution in [3.8, 4) is 0 Å². The first-order valence-electron chi connectivity index (χ1n) is 7.34. The van der Waals surface area contributed by atoms with Gasteiger partial charge in [0.2, 0.25) is 5.91 Å². The van der Waals surface area contributed by atoms with E-state index in [2.05, 4.69) is 5.32 Å².